The molecule has 13 heteroatoms. The van der Waals surface area contributed by atoms with Crippen molar-refractivity contribution in [3.63, 3.8) is 0 Å². The monoisotopic (exact) mass is 729 g/mol. The number of nitrogens with zero attached hydrogens (tertiary/aromatic N) is 2. The van der Waals surface area contributed by atoms with E-state index < -0.39 is 59.7 Å². The van der Waals surface area contributed by atoms with E-state index in [0.29, 0.717) is 25.8 Å². The number of ether oxygens (including phenoxy) is 3. The molecule has 0 saturated carbocycles. The summed E-state index contributed by atoms with van der Waals surface area (Å²) in [5.74, 6) is -2.92. The lowest BCUT2D eigenvalue weighted by molar-refractivity contribution is -0.149. The molecule has 8 unspecified atom stereocenters. The van der Waals surface area contributed by atoms with Crippen molar-refractivity contribution in [1.29, 1.82) is 0 Å². The molecular weight excluding hydrogens is 666 g/mol. The molecule has 1 aromatic rings. The maximum absolute atomic E-state index is 14.2. The van der Waals surface area contributed by atoms with E-state index >= 15 is 0 Å². The van der Waals surface area contributed by atoms with Crippen LogP contribution in [0.3, 0.4) is 0 Å². The van der Waals surface area contributed by atoms with E-state index in [1.807, 2.05) is 52.0 Å². The summed E-state index contributed by atoms with van der Waals surface area (Å²) in [7, 11) is 6.07. The Labute approximate surface area is 310 Å². The Morgan fingerprint density at radius 3 is 2.21 bits per heavy atom. The molecule has 52 heavy (non-hydrogen) atoms. The first-order valence-electron chi connectivity index (χ1n) is 18.6. The number of methoxy groups -OCH3 is 3. The van der Waals surface area contributed by atoms with Gasteiger partial charge >= 0.3 is 5.97 Å². The van der Waals surface area contributed by atoms with Gasteiger partial charge in [0.05, 0.1) is 49.3 Å². The topological polar surface area (TPSA) is 170 Å². The molecule has 0 radical (unpaired) electrons. The second-order valence-electron chi connectivity index (χ2n) is 15.5. The van der Waals surface area contributed by atoms with Crippen molar-refractivity contribution in [2.24, 2.45) is 23.5 Å². The highest BCUT2D eigenvalue weighted by molar-refractivity contribution is 5.92. The normalized spacial score (nSPS) is 21.1. The largest absolute Gasteiger partial charge is 0.467 e. The molecule has 1 aliphatic heterocycles. The number of carbonyl (C=O) groups excluding carboxylic acids is 5. The van der Waals surface area contributed by atoms with E-state index in [1.165, 1.54) is 21.3 Å². The number of likely N-dealkylation sites (tertiary alicyclic amines) is 1. The van der Waals surface area contributed by atoms with Crippen molar-refractivity contribution in [1.82, 2.24) is 20.4 Å². The van der Waals surface area contributed by atoms with Crippen LogP contribution in [0.2, 0.25) is 0 Å². The quantitative estimate of drug-likeness (QED) is 0.193. The van der Waals surface area contributed by atoms with Gasteiger partial charge in [0.2, 0.25) is 23.6 Å². The van der Waals surface area contributed by atoms with E-state index in [4.69, 9.17) is 19.9 Å². The average molecular weight is 730 g/mol. The van der Waals surface area contributed by atoms with E-state index in [0.717, 1.165) is 17.5 Å². The molecule has 1 aromatic carbocycles. The molecule has 0 spiro atoms. The number of benzene rings is 1. The zero-order valence-corrected chi connectivity index (χ0v) is 33.1. The summed E-state index contributed by atoms with van der Waals surface area (Å²) < 4.78 is 17.0. The number of hydrogen-bond donors (Lipinski definition) is 3. The fourth-order valence-electron chi connectivity index (χ4n) is 7.70. The number of nitrogens with one attached hydrogen (secondary N) is 2. The summed E-state index contributed by atoms with van der Waals surface area (Å²) in [6.45, 7) is 13.2. The first-order valence-corrected chi connectivity index (χ1v) is 18.6. The van der Waals surface area contributed by atoms with Gasteiger partial charge in [-0.1, -0.05) is 65.3 Å². The van der Waals surface area contributed by atoms with Crippen LogP contribution in [0.15, 0.2) is 24.3 Å². The molecule has 1 fully saturated rings. The number of carbonyl (C=O) groups is 5. The number of nitrogens with two attached hydrogens (primary N) is 1. The van der Waals surface area contributed by atoms with Crippen molar-refractivity contribution >= 4 is 29.6 Å². The van der Waals surface area contributed by atoms with Gasteiger partial charge in [0.25, 0.3) is 0 Å². The third-order valence-electron chi connectivity index (χ3n) is 11.1. The van der Waals surface area contributed by atoms with E-state index in [1.54, 1.807) is 37.6 Å². The van der Waals surface area contributed by atoms with Gasteiger partial charge in [-0.15, -0.1) is 0 Å². The number of esters is 1. The fraction of sp³-hybridized carbons (Fsp3) is 0.718. The van der Waals surface area contributed by atoms with Crippen LogP contribution < -0.4 is 16.4 Å². The molecule has 292 valence electrons. The van der Waals surface area contributed by atoms with Gasteiger partial charge in [-0.05, 0) is 56.1 Å². The molecule has 3 rings (SSSR count). The van der Waals surface area contributed by atoms with Crippen LogP contribution in [0.25, 0.3) is 0 Å². The van der Waals surface area contributed by atoms with Gasteiger partial charge in [0.15, 0.2) is 0 Å². The lowest BCUT2D eigenvalue weighted by atomic mass is 9.73. The predicted molar refractivity (Wildman–Crippen MR) is 198 cm³/mol. The molecule has 1 saturated heterocycles. The number of likely N-dealkylation sites (N-methyl/N-ethyl adjacent to an activating group) is 1. The minimum atomic E-state index is -1.17. The zero-order chi connectivity index (χ0) is 39.1. The van der Waals surface area contributed by atoms with Crippen LogP contribution in [0, 0.1) is 17.8 Å². The highest BCUT2D eigenvalue weighted by Crippen LogP contribution is 2.38. The smallest absolute Gasteiger partial charge is 0.329 e. The Kier molecular flexibility index (Phi) is 15.2. The van der Waals surface area contributed by atoms with Crippen LogP contribution in [-0.2, 0) is 44.6 Å². The molecule has 4 amide bonds. The summed E-state index contributed by atoms with van der Waals surface area (Å²) in [6, 6.07) is 5.30. The lowest BCUT2D eigenvalue weighted by Gasteiger charge is -2.41. The Bertz CT molecular complexity index is 1410. The maximum Gasteiger partial charge on any atom is 0.329 e. The third-order valence-corrected chi connectivity index (χ3v) is 11.1. The van der Waals surface area contributed by atoms with E-state index in [2.05, 4.69) is 10.6 Å². The highest BCUT2D eigenvalue weighted by Gasteiger charge is 2.45. The van der Waals surface area contributed by atoms with Crippen LogP contribution in [0.5, 0.6) is 0 Å². The van der Waals surface area contributed by atoms with E-state index in [-0.39, 0.29) is 41.9 Å². The molecule has 0 bridgehead atoms. The van der Waals surface area contributed by atoms with Crippen molar-refractivity contribution in [2.75, 3.05) is 34.9 Å². The summed E-state index contributed by atoms with van der Waals surface area (Å²) in [4.78, 5) is 70.9. The molecular formula is C39H63N5O8. The Hall–Kier alpha value is -3.55. The lowest BCUT2D eigenvalue weighted by Crippen LogP contribution is -2.60. The van der Waals surface area contributed by atoms with Crippen molar-refractivity contribution < 1.29 is 38.2 Å². The molecule has 1 aliphatic carbocycles. The van der Waals surface area contributed by atoms with Crippen LogP contribution in [-0.4, -0.2) is 116 Å². The third kappa shape index (κ3) is 9.70. The second kappa shape index (κ2) is 18.5. The summed E-state index contributed by atoms with van der Waals surface area (Å²) in [5, 5.41) is 5.77. The first-order chi connectivity index (χ1) is 24.4. The summed E-state index contributed by atoms with van der Waals surface area (Å²) >= 11 is 0. The van der Waals surface area contributed by atoms with Gasteiger partial charge < -0.3 is 40.4 Å². The van der Waals surface area contributed by atoms with Gasteiger partial charge in [-0.25, -0.2) is 4.79 Å². The number of fused-ring (bicyclic) bond motifs is 1. The van der Waals surface area contributed by atoms with Gasteiger partial charge in [0.1, 0.15) is 12.1 Å². The van der Waals surface area contributed by atoms with Crippen LogP contribution >= 0.6 is 0 Å². The SMILES string of the molecule is CCC(C)C(C(CC(=O)N1CCC[C@H]1C(OC)C(C)C(=O)NC(C(=O)OC)C1Cc2ccccc21)OC)N(C)C(=O)C(NC(=O)C(C)(C)N)C(C)C. The van der Waals surface area contributed by atoms with Crippen LogP contribution in [0.1, 0.15) is 91.2 Å². The Morgan fingerprint density at radius 2 is 1.67 bits per heavy atom. The standard InChI is InChI=1S/C39H63N5O8/c1-12-23(4)33(43(8)36(47)31(22(2)3)42-38(49)39(6,7)40)29(50-9)21-30(45)44-19-15-18-28(44)34(51-10)24(5)35(46)41-32(37(48)52-11)27-20-25-16-13-14-17-26(25)27/h13-14,16-17,22-24,27-29,31-34H,12,15,18-21,40H2,1-11H3,(H,41,46)(H,42,49)/t23?,24?,27?,28-,29?,31?,32?,33?,34?/m0/s1. The minimum absolute atomic E-state index is 0.00330. The average Bonchev–Trinajstić information content (AvgIpc) is 3.58. The molecule has 4 N–H and O–H groups in total. The summed E-state index contributed by atoms with van der Waals surface area (Å²) in [5.41, 5.74) is 7.01. The first kappa shape index (κ1) is 42.9. The molecule has 2 aliphatic rings. The number of hydrogen-bond acceptors (Lipinski definition) is 9. The van der Waals surface area contributed by atoms with Gasteiger partial charge in [-0.3, -0.25) is 19.2 Å². The molecule has 9 atom stereocenters. The van der Waals surface area contributed by atoms with Crippen molar-refractivity contribution in [3.8, 4) is 0 Å². The second-order valence-corrected chi connectivity index (χ2v) is 15.5. The fourth-order valence-corrected chi connectivity index (χ4v) is 7.70. The molecule has 0 aromatic heterocycles. The zero-order valence-electron chi connectivity index (χ0n) is 33.1. The summed E-state index contributed by atoms with van der Waals surface area (Å²) in [6.07, 6.45) is 1.44. The van der Waals surface area contributed by atoms with Crippen LogP contribution in [0.4, 0.5) is 0 Å². The minimum Gasteiger partial charge on any atom is -0.467 e. The Balaban J connectivity index is 1.78. The van der Waals surface area contributed by atoms with Crippen molar-refractivity contribution in [3.05, 3.63) is 35.4 Å². The molecule has 1 heterocycles. The highest BCUT2D eigenvalue weighted by atomic mass is 16.5. The van der Waals surface area contributed by atoms with Crippen molar-refractivity contribution in [2.45, 2.75) is 128 Å². The molecule has 13 nitrogen and oxygen atoms in total. The number of rotatable bonds is 18. The van der Waals surface area contributed by atoms with Gasteiger partial charge in [-0.2, -0.15) is 0 Å². The van der Waals surface area contributed by atoms with E-state index in [9.17, 15) is 24.0 Å². The maximum atomic E-state index is 14.2. The Morgan fingerprint density at radius 1 is 1.02 bits per heavy atom. The predicted octanol–water partition coefficient (Wildman–Crippen LogP) is 2.78. The van der Waals surface area contributed by atoms with Gasteiger partial charge in [0, 0.05) is 33.7 Å². The number of amides is 4.